The second-order valence-electron chi connectivity index (χ2n) is 16.9. The molecule has 0 amide bonds. The second-order valence-corrected chi connectivity index (χ2v) is 16.9. The highest BCUT2D eigenvalue weighted by Gasteiger charge is 2.18. The zero-order valence-corrected chi connectivity index (χ0v) is 35.4. The minimum absolute atomic E-state index is 0.699. The number of aromatic nitrogens is 3. The fourth-order valence-electron chi connectivity index (χ4n) is 10.1. The van der Waals surface area contributed by atoms with E-state index in [1.165, 1.54) is 76.1 Å². The van der Waals surface area contributed by atoms with Gasteiger partial charge in [-0.25, -0.2) is 9.97 Å². The SMILES string of the molecule is c1ccc(-c2nc(-c3ccc(-c4ccc(-c5c6ccccc6cc6c5ccc5ccccc56)c5ccccc45)cc3)cc(-c3ccc4c(c3)c3ccccc3n4-c3ccccc3)n2)cc1. The van der Waals surface area contributed by atoms with Crippen LogP contribution in [-0.2, 0) is 0 Å². The summed E-state index contributed by atoms with van der Waals surface area (Å²) in [5.74, 6) is 0.699. The van der Waals surface area contributed by atoms with Gasteiger partial charge in [-0.2, -0.15) is 0 Å². The molecule has 0 aliphatic rings. The first-order valence-electron chi connectivity index (χ1n) is 22.2. The molecule has 0 aliphatic heterocycles. The monoisotopic (exact) mass is 825 g/mol. The van der Waals surface area contributed by atoms with Crippen molar-refractivity contribution in [2.24, 2.45) is 0 Å². The van der Waals surface area contributed by atoms with Crippen LogP contribution >= 0.6 is 0 Å². The van der Waals surface area contributed by atoms with Crippen LogP contribution in [0.25, 0.3) is 127 Å². The lowest BCUT2D eigenvalue weighted by molar-refractivity contribution is 1.18. The molecule has 2 aromatic heterocycles. The van der Waals surface area contributed by atoms with E-state index in [1.54, 1.807) is 0 Å². The van der Waals surface area contributed by atoms with E-state index in [9.17, 15) is 0 Å². The van der Waals surface area contributed by atoms with Crippen LogP contribution in [0.1, 0.15) is 0 Å². The van der Waals surface area contributed by atoms with E-state index in [-0.39, 0.29) is 0 Å². The van der Waals surface area contributed by atoms with Gasteiger partial charge in [-0.05, 0) is 108 Å². The Bertz CT molecular complexity index is 3980. The van der Waals surface area contributed by atoms with Gasteiger partial charge in [0.2, 0.25) is 0 Å². The summed E-state index contributed by atoms with van der Waals surface area (Å²) in [6.07, 6.45) is 0. The molecule has 0 saturated heterocycles. The summed E-state index contributed by atoms with van der Waals surface area (Å²) >= 11 is 0. The van der Waals surface area contributed by atoms with E-state index in [4.69, 9.17) is 9.97 Å². The standard InChI is InChI=1S/C62H39N3/c1-3-16-43(17-4-1)62-63-57(39-58(64-62)45-32-36-60-56(38-45)52-25-13-14-26-59(52)65(60)46-19-5-2-6-20-46)42-29-27-41(28-30-42)48-34-35-53(51-24-12-11-23-50(48)51)61-49-22-10-8-18-44(49)37-55-47-21-9-7-15-40(47)31-33-54(55)61/h1-39H. The van der Waals surface area contributed by atoms with Crippen molar-refractivity contribution in [1.29, 1.82) is 0 Å². The number of hydrogen-bond acceptors (Lipinski definition) is 2. The quantitative estimate of drug-likeness (QED) is 0.123. The predicted octanol–water partition coefficient (Wildman–Crippen LogP) is 16.5. The third-order valence-electron chi connectivity index (χ3n) is 13.2. The van der Waals surface area contributed by atoms with Gasteiger partial charge in [-0.3, -0.25) is 0 Å². The first-order chi connectivity index (χ1) is 32.2. The molecule has 0 aliphatic carbocycles. The van der Waals surface area contributed by atoms with E-state index in [0.717, 1.165) is 44.8 Å². The average Bonchev–Trinajstić information content (AvgIpc) is 3.72. The smallest absolute Gasteiger partial charge is 0.160 e. The first-order valence-corrected chi connectivity index (χ1v) is 22.2. The largest absolute Gasteiger partial charge is 0.309 e. The summed E-state index contributed by atoms with van der Waals surface area (Å²) in [5.41, 5.74) is 13.2. The minimum Gasteiger partial charge on any atom is -0.309 e. The molecule has 2 heterocycles. The number of benzene rings is 11. The molecule has 13 aromatic rings. The molecule has 13 rings (SSSR count). The van der Waals surface area contributed by atoms with Crippen molar-refractivity contribution in [3.63, 3.8) is 0 Å². The van der Waals surface area contributed by atoms with Crippen molar-refractivity contribution in [2.45, 2.75) is 0 Å². The minimum atomic E-state index is 0.699. The average molecular weight is 826 g/mol. The first kappa shape index (κ1) is 36.9. The third kappa shape index (κ3) is 6.12. The molecule has 65 heavy (non-hydrogen) atoms. The Morgan fingerprint density at radius 1 is 0.277 bits per heavy atom. The Labute approximate surface area is 376 Å². The summed E-state index contributed by atoms with van der Waals surface area (Å²) in [5, 5.41) is 12.4. The highest BCUT2D eigenvalue weighted by atomic mass is 15.0. The van der Waals surface area contributed by atoms with Crippen LogP contribution in [-0.4, -0.2) is 14.5 Å². The molecule has 302 valence electrons. The van der Waals surface area contributed by atoms with Crippen molar-refractivity contribution in [2.75, 3.05) is 0 Å². The van der Waals surface area contributed by atoms with Crippen LogP contribution < -0.4 is 0 Å². The molecule has 0 saturated carbocycles. The number of rotatable bonds is 6. The van der Waals surface area contributed by atoms with Gasteiger partial charge in [0.1, 0.15) is 0 Å². The van der Waals surface area contributed by atoms with Gasteiger partial charge < -0.3 is 4.57 Å². The van der Waals surface area contributed by atoms with Gasteiger partial charge in [0.15, 0.2) is 5.82 Å². The third-order valence-corrected chi connectivity index (χ3v) is 13.2. The van der Waals surface area contributed by atoms with E-state index < -0.39 is 0 Å². The maximum absolute atomic E-state index is 5.22. The number of fused-ring (bicyclic) bond motifs is 8. The van der Waals surface area contributed by atoms with E-state index in [1.807, 2.05) is 18.2 Å². The molecule has 11 aromatic carbocycles. The summed E-state index contributed by atoms with van der Waals surface area (Å²) in [6, 6.07) is 85.3. The lowest BCUT2D eigenvalue weighted by atomic mass is 9.86. The fourth-order valence-corrected chi connectivity index (χ4v) is 10.1. The van der Waals surface area contributed by atoms with Crippen molar-refractivity contribution in [1.82, 2.24) is 14.5 Å². The van der Waals surface area contributed by atoms with Crippen molar-refractivity contribution in [3.8, 4) is 61.8 Å². The Hall–Kier alpha value is -8.66. The summed E-state index contributed by atoms with van der Waals surface area (Å²) in [4.78, 5) is 10.4. The maximum Gasteiger partial charge on any atom is 0.160 e. The van der Waals surface area contributed by atoms with Crippen LogP contribution in [0, 0.1) is 0 Å². The zero-order valence-electron chi connectivity index (χ0n) is 35.4. The van der Waals surface area contributed by atoms with Gasteiger partial charge in [0.25, 0.3) is 0 Å². The van der Waals surface area contributed by atoms with Crippen LogP contribution in [0.3, 0.4) is 0 Å². The van der Waals surface area contributed by atoms with E-state index >= 15 is 0 Å². The number of nitrogens with zero attached hydrogens (tertiary/aromatic N) is 3. The Morgan fingerprint density at radius 2 is 0.846 bits per heavy atom. The number of hydrogen-bond donors (Lipinski definition) is 0. The van der Waals surface area contributed by atoms with Crippen LogP contribution in [0.2, 0.25) is 0 Å². The van der Waals surface area contributed by atoms with Crippen molar-refractivity contribution < 1.29 is 0 Å². The van der Waals surface area contributed by atoms with E-state index in [2.05, 4.69) is 223 Å². The molecule has 0 unspecified atom stereocenters. The molecular weight excluding hydrogens is 787 g/mol. The van der Waals surface area contributed by atoms with Gasteiger partial charge in [-0.1, -0.05) is 194 Å². The predicted molar refractivity (Wildman–Crippen MR) is 274 cm³/mol. The molecule has 0 fully saturated rings. The molecule has 3 nitrogen and oxygen atoms in total. The highest BCUT2D eigenvalue weighted by molar-refractivity contribution is 6.23. The summed E-state index contributed by atoms with van der Waals surface area (Å²) in [7, 11) is 0. The van der Waals surface area contributed by atoms with Gasteiger partial charge >= 0.3 is 0 Å². The van der Waals surface area contributed by atoms with Gasteiger partial charge in [0.05, 0.1) is 22.4 Å². The lowest BCUT2D eigenvalue weighted by Gasteiger charge is -2.17. The Kier molecular flexibility index (Phi) is 8.53. The lowest BCUT2D eigenvalue weighted by Crippen LogP contribution is -1.96. The summed E-state index contributed by atoms with van der Waals surface area (Å²) in [6.45, 7) is 0. The molecule has 3 heteroatoms. The molecule has 0 bridgehead atoms. The van der Waals surface area contributed by atoms with Crippen molar-refractivity contribution >= 4 is 64.9 Å². The van der Waals surface area contributed by atoms with Gasteiger partial charge in [0, 0.05) is 33.2 Å². The van der Waals surface area contributed by atoms with E-state index in [0.29, 0.717) is 5.82 Å². The van der Waals surface area contributed by atoms with Crippen LogP contribution in [0.4, 0.5) is 0 Å². The van der Waals surface area contributed by atoms with Gasteiger partial charge in [-0.15, -0.1) is 0 Å². The van der Waals surface area contributed by atoms with Crippen LogP contribution in [0.5, 0.6) is 0 Å². The van der Waals surface area contributed by atoms with Crippen molar-refractivity contribution in [3.05, 3.63) is 237 Å². The fraction of sp³-hybridized carbons (Fsp3) is 0. The molecule has 0 atom stereocenters. The topological polar surface area (TPSA) is 30.7 Å². The summed E-state index contributed by atoms with van der Waals surface area (Å²) < 4.78 is 2.35. The molecular formula is C62H39N3. The second kappa shape index (κ2) is 15.0. The Morgan fingerprint density at radius 3 is 1.63 bits per heavy atom. The molecule has 0 N–H and O–H groups in total. The molecule has 0 spiro atoms. The van der Waals surface area contributed by atoms with Crippen LogP contribution in [0.15, 0.2) is 237 Å². The zero-order chi connectivity index (χ0) is 42.8. The Balaban J connectivity index is 0.929. The normalized spacial score (nSPS) is 11.7. The highest BCUT2D eigenvalue weighted by Crippen LogP contribution is 2.44. The molecule has 0 radical (unpaired) electrons. The number of para-hydroxylation sites is 2. The maximum atomic E-state index is 5.22.